The zero-order valence-electron chi connectivity index (χ0n) is 17.9. The van der Waals surface area contributed by atoms with Crippen LogP contribution in [0.15, 0.2) is 121 Å². The van der Waals surface area contributed by atoms with Gasteiger partial charge in [0.1, 0.15) is 5.41 Å². The molecule has 0 aliphatic rings. The first-order chi connectivity index (χ1) is 15.8. The third kappa shape index (κ3) is 4.17. The van der Waals surface area contributed by atoms with Crippen LogP contribution in [-0.2, 0) is 21.4 Å². The summed E-state index contributed by atoms with van der Waals surface area (Å²) in [5.74, 6) is -0.997. The van der Waals surface area contributed by atoms with Crippen LogP contribution < -0.4 is 0 Å². The Morgan fingerprint density at radius 1 is 0.625 bits per heavy atom. The quantitative estimate of drug-likeness (QED) is 0.249. The molecule has 32 heavy (non-hydrogen) atoms. The molecule has 4 aromatic rings. The van der Waals surface area contributed by atoms with Crippen molar-refractivity contribution in [3.05, 3.63) is 144 Å². The standard InChI is InChI=1S/C30H25O2/c31-23-25(22-21-24-13-5-1-6-14-24)29(32)30(26-15-7-2-8-16-26,27-17-9-3-10-18-27)28-19-11-4-12-20-28/h1-20,25H,21-22H2. The average molecular weight is 418 g/mol. The summed E-state index contributed by atoms with van der Waals surface area (Å²) in [7, 11) is 0. The van der Waals surface area contributed by atoms with E-state index in [1.54, 1.807) is 0 Å². The zero-order valence-corrected chi connectivity index (χ0v) is 17.9. The van der Waals surface area contributed by atoms with Gasteiger partial charge in [-0.05, 0) is 35.1 Å². The van der Waals surface area contributed by atoms with Crippen molar-refractivity contribution in [2.24, 2.45) is 5.92 Å². The predicted molar refractivity (Wildman–Crippen MR) is 128 cm³/mol. The van der Waals surface area contributed by atoms with Crippen LogP contribution in [0.2, 0.25) is 0 Å². The second-order valence-electron chi connectivity index (χ2n) is 7.91. The molecule has 1 unspecified atom stereocenters. The van der Waals surface area contributed by atoms with Crippen molar-refractivity contribution in [1.82, 2.24) is 0 Å². The van der Waals surface area contributed by atoms with E-state index in [1.807, 2.05) is 121 Å². The summed E-state index contributed by atoms with van der Waals surface area (Å²) in [5.41, 5.74) is 2.56. The average Bonchev–Trinajstić information content (AvgIpc) is 2.87. The summed E-state index contributed by atoms with van der Waals surface area (Å²) in [6, 6.07) is 39.2. The first kappa shape index (κ1) is 21.5. The maximum atomic E-state index is 14.4. The van der Waals surface area contributed by atoms with Crippen LogP contribution in [0.3, 0.4) is 0 Å². The Bertz CT molecular complexity index is 1040. The Labute approximate surface area is 189 Å². The molecule has 0 amide bonds. The molecular weight excluding hydrogens is 392 g/mol. The molecule has 0 N–H and O–H groups in total. The molecule has 0 aliphatic heterocycles. The minimum Gasteiger partial charge on any atom is -0.297 e. The Morgan fingerprint density at radius 2 is 1.00 bits per heavy atom. The second kappa shape index (κ2) is 10.0. The number of hydrogen-bond donors (Lipinski definition) is 0. The predicted octanol–water partition coefficient (Wildman–Crippen LogP) is 5.95. The fourth-order valence-corrected chi connectivity index (χ4v) is 4.45. The molecule has 0 fully saturated rings. The highest BCUT2D eigenvalue weighted by Gasteiger charge is 2.46. The van der Waals surface area contributed by atoms with Crippen LogP contribution in [0.1, 0.15) is 28.7 Å². The third-order valence-corrected chi connectivity index (χ3v) is 6.01. The number of rotatable bonds is 9. The van der Waals surface area contributed by atoms with E-state index in [2.05, 4.69) is 6.29 Å². The second-order valence-corrected chi connectivity index (χ2v) is 7.91. The number of Topliss-reactive ketones (excluding diaryl/α,β-unsaturated/α-hetero) is 1. The van der Waals surface area contributed by atoms with Crippen molar-refractivity contribution in [2.45, 2.75) is 18.3 Å². The molecule has 0 heterocycles. The number of carbonyl (C=O) groups is 1. The number of ketones is 1. The summed E-state index contributed by atoms with van der Waals surface area (Å²) < 4.78 is 0. The smallest absolute Gasteiger partial charge is 0.209 e. The van der Waals surface area contributed by atoms with Gasteiger partial charge in [-0.25, -0.2) is 0 Å². The highest BCUT2D eigenvalue weighted by atomic mass is 16.1. The summed E-state index contributed by atoms with van der Waals surface area (Å²) in [5, 5.41) is 0. The SMILES string of the molecule is O=[C]C(CCc1ccccc1)C(=O)C(c1ccccc1)(c1ccccc1)c1ccccc1. The Kier molecular flexibility index (Phi) is 6.72. The molecular formula is C30H25O2. The number of hydrogen-bond acceptors (Lipinski definition) is 2. The third-order valence-electron chi connectivity index (χ3n) is 6.01. The molecule has 1 atom stereocenters. The minimum absolute atomic E-state index is 0.146. The molecule has 4 aromatic carbocycles. The van der Waals surface area contributed by atoms with Crippen molar-refractivity contribution in [2.75, 3.05) is 0 Å². The first-order valence-electron chi connectivity index (χ1n) is 10.9. The van der Waals surface area contributed by atoms with Crippen LogP contribution in [0.4, 0.5) is 0 Å². The van der Waals surface area contributed by atoms with Gasteiger partial charge in [0.2, 0.25) is 6.29 Å². The lowest BCUT2D eigenvalue weighted by Crippen LogP contribution is -2.43. The number of benzene rings is 4. The van der Waals surface area contributed by atoms with E-state index in [9.17, 15) is 9.59 Å². The fraction of sp³-hybridized carbons (Fsp3) is 0.133. The summed E-state index contributed by atoms with van der Waals surface area (Å²) in [6.45, 7) is 0. The summed E-state index contributed by atoms with van der Waals surface area (Å²) in [4.78, 5) is 26.5. The van der Waals surface area contributed by atoms with Gasteiger partial charge in [-0.3, -0.25) is 9.59 Å². The van der Waals surface area contributed by atoms with Gasteiger partial charge < -0.3 is 0 Å². The van der Waals surface area contributed by atoms with E-state index in [-0.39, 0.29) is 5.78 Å². The van der Waals surface area contributed by atoms with Crippen molar-refractivity contribution in [3.8, 4) is 0 Å². The van der Waals surface area contributed by atoms with Gasteiger partial charge >= 0.3 is 0 Å². The maximum absolute atomic E-state index is 14.4. The Balaban J connectivity index is 1.86. The monoisotopic (exact) mass is 417 g/mol. The molecule has 0 spiro atoms. The molecule has 4 rings (SSSR count). The zero-order chi connectivity index (χ0) is 22.2. The Hall–Kier alpha value is -3.78. The van der Waals surface area contributed by atoms with Gasteiger partial charge in [-0.15, -0.1) is 0 Å². The van der Waals surface area contributed by atoms with E-state index < -0.39 is 11.3 Å². The fourth-order valence-electron chi connectivity index (χ4n) is 4.45. The molecule has 2 nitrogen and oxygen atoms in total. The van der Waals surface area contributed by atoms with E-state index >= 15 is 0 Å². The molecule has 157 valence electrons. The number of aryl methyl sites for hydroxylation is 1. The van der Waals surface area contributed by atoms with Crippen molar-refractivity contribution in [1.29, 1.82) is 0 Å². The summed E-state index contributed by atoms with van der Waals surface area (Å²) in [6.07, 6.45) is 3.14. The summed E-state index contributed by atoms with van der Waals surface area (Å²) >= 11 is 0. The number of carbonyl (C=O) groups excluding carboxylic acids is 2. The van der Waals surface area contributed by atoms with Crippen molar-refractivity contribution < 1.29 is 9.59 Å². The normalized spacial score (nSPS) is 12.1. The van der Waals surface area contributed by atoms with Crippen LogP contribution in [0, 0.1) is 5.92 Å². The van der Waals surface area contributed by atoms with E-state index in [4.69, 9.17) is 0 Å². The van der Waals surface area contributed by atoms with E-state index in [0.717, 1.165) is 22.3 Å². The maximum Gasteiger partial charge on any atom is 0.209 e. The lowest BCUT2D eigenvalue weighted by molar-refractivity contribution is -0.124. The van der Waals surface area contributed by atoms with Crippen LogP contribution in [0.25, 0.3) is 0 Å². The van der Waals surface area contributed by atoms with E-state index in [1.165, 1.54) is 0 Å². The highest BCUT2D eigenvalue weighted by molar-refractivity contribution is 6.05. The highest BCUT2D eigenvalue weighted by Crippen LogP contribution is 2.42. The molecule has 0 saturated heterocycles. The van der Waals surface area contributed by atoms with Crippen LogP contribution in [0.5, 0.6) is 0 Å². The van der Waals surface area contributed by atoms with Gasteiger partial charge in [0, 0.05) is 0 Å². The van der Waals surface area contributed by atoms with Crippen LogP contribution in [-0.4, -0.2) is 12.1 Å². The van der Waals surface area contributed by atoms with Gasteiger partial charge in [0.05, 0.1) is 5.92 Å². The molecule has 1 radical (unpaired) electrons. The van der Waals surface area contributed by atoms with Gasteiger partial charge in [-0.1, -0.05) is 121 Å². The molecule has 0 aliphatic carbocycles. The Morgan fingerprint density at radius 3 is 1.38 bits per heavy atom. The molecule has 0 bridgehead atoms. The first-order valence-corrected chi connectivity index (χ1v) is 10.9. The van der Waals surface area contributed by atoms with E-state index in [0.29, 0.717) is 12.8 Å². The molecule has 2 heteroatoms. The van der Waals surface area contributed by atoms with Gasteiger partial charge in [-0.2, -0.15) is 0 Å². The van der Waals surface area contributed by atoms with Crippen LogP contribution >= 0.6 is 0 Å². The van der Waals surface area contributed by atoms with Gasteiger partial charge in [0.15, 0.2) is 5.78 Å². The largest absolute Gasteiger partial charge is 0.297 e. The lowest BCUT2D eigenvalue weighted by atomic mass is 9.63. The van der Waals surface area contributed by atoms with Crippen molar-refractivity contribution >= 4 is 12.1 Å². The minimum atomic E-state index is -1.09. The topological polar surface area (TPSA) is 34.1 Å². The molecule has 0 saturated carbocycles. The van der Waals surface area contributed by atoms with Crippen molar-refractivity contribution in [3.63, 3.8) is 0 Å². The van der Waals surface area contributed by atoms with Gasteiger partial charge in [0.25, 0.3) is 0 Å². The molecule has 0 aromatic heterocycles. The lowest BCUT2D eigenvalue weighted by Gasteiger charge is -2.36.